The number of aryl methyl sites for hydroxylation is 2. The Morgan fingerprint density at radius 2 is 1.80 bits per heavy atom. The van der Waals surface area contributed by atoms with E-state index in [0.29, 0.717) is 15.8 Å². The maximum atomic E-state index is 12.7. The number of benzene rings is 2. The van der Waals surface area contributed by atoms with Gasteiger partial charge in [0.1, 0.15) is 4.88 Å². The monoisotopic (exact) mass is 367 g/mol. The molecule has 2 aromatic heterocycles. The van der Waals surface area contributed by atoms with E-state index >= 15 is 0 Å². The summed E-state index contributed by atoms with van der Waals surface area (Å²) in [5.74, 6) is 0.00108. The number of nitrogens with zero attached hydrogens (tertiary/aromatic N) is 2. The van der Waals surface area contributed by atoms with Crippen molar-refractivity contribution in [1.29, 1.82) is 0 Å². The molecule has 0 aliphatic rings. The summed E-state index contributed by atoms with van der Waals surface area (Å²) in [6.45, 7) is 3.73. The molecule has 4 rings (SSSR count). The molecule has 0 atom stereocenters. The number of aromatic nitrogens is 2. The number of carbonyl (C=O) groups excluding carboxylic acids is 1. The van der Waals surface area contributed by atoms with E-state index in [4.69, 9.17) is 11.6 Å². The van der Waals surface area contributed by atoms with Gasteiger partial charge in [-0.1, -0.05) is 41.9 Å². The highest BCUT2D eigenvalue weighted by Crippen LogP contribution is 2.39. The maximum Gasteiger partial charge on any atom is 0.269 e. The topological polar surface area (TPSA) is 54.9 Å². The summed E-state index contributed by atoms with van der Waals surface area (Å²) in [6.07, 6.45) is 0. The van der Waals surface area contributed by atoms with Crippen molar-refractivity contribution in [1.82, 2.24) is 9.97 Å². The van der Waals surface area contributed by atoms with Gasteiger partial charge in [0.15, 0.2) is 0 Å². The average Bonchev–Trinajstić information content (AvgIpc) is 2.91. The number of hydrogen-bond donors (Lipinski definition) is 1. The average molecular weight is 368 g/mol. The Hall–Kier alpha value is -2.50. The Morgan fingerprint density at radius 3 is 2.56 bits per heavy atom. The predicted octanol–water partition coefficient (Wildman–Crippen LogP) is 5.37. The van der Waals surface area contributed by atoms with E-state index in [0.717, 1.165) is 32.2 Å². The van der Waals surface area contributed by atoms with Crippen molar-refractivity contribution < 1.29 is 4.79 Å². The van der Waals surface area contributed by atoms with Gasteiger partial charge in [-0.25, -0.2) is 9.97 Å². The molecule has 0 saturated carbocycles. The van der Waals surface area contributed by atoms with Crippen LogP contribution < -0.4 is 5.32 Å². The number of hydrogen-bond acceptors (Lipinski definition) is 4. The maximum absolute atomic E-state index is 12.7. The first-order valence-corrected chi connectivity index (χ1v) is 8.96. The first-order valence-electron chi connectivity index (χ1n) is 7.76. The molecular weight excluding hydrogens is 354 g/mol. The van der Waals surface area contributed by atoms with Crippen LogP contribution in [0, 0.1) is 13.8 Å². The van der Waals surface area contributed by atoms with Crippen molar-refractivity contribution in [2.75, 3.05) is 5.32 Å². The van der Waals surface area contributed by atoms with Gasteiger partial charge in [-0.05, 0) is 36.8 Å². The van der Waals surface area contributed by atoms with Crippen LogP contribution in [-0.2, 0) is 0 Å². The number of fused-ring (bicyclic) bond motifs is 3. The van der Waals surface area contributed by atoms with Gasteiger partial charge in [-0.2, -0.15) is 0 Å². The van der Waals surface area contributed by atoms with Gasteiger partial charge in [0.05, 0.1) is 5.02 Å². The molecule has 0 aliphatic heterocycles. The van der Waals surface area contributed by atoms with E-state index in [9.17, 15) is 4.79 Å². The minimum absolute atomic E-state index is 0.291. The van der Waals surface area contributed by atoms with E-state index < -0.39 is 0 Å². The summed E-state index contributed by atoms with van der Waals surface area (Å²) in [4.78, 5) is 21.7. The third kappa shape index (κ3) is 2.86. The summed E-state index contributed by atoms with van der Waals surface area (Å²) in [6, 6.07) is 13.9. The lowest BCUT2D eigenvalue weighted by molar-refractivity contribution is 0.103. The molecule has 2 heterocycles. The quantitative estimate of drug-likeness (QED) is 0.518. The van der Waals surface area contributed by atoms with E-state index in [1.165, 1.54) is 11.3 Å². The van der Waals surface area contributed by atoms with Gasteiger partial charge in [0, 0.05) is 21.5 Å². The first-order chi connectivity index (χ1) is 12.0. The van der Waals surface area contributed by atoms with Crippen molar-refractivity contribution in [2.24, 2.45) is 0 Å². The van der Waals surface area contributed by atoms with Crippen LogP contribution in [0.3, 0.4) is 0 Å². The molecule has 2 aromatic carbocycles. The number of thiophene rings is 1. The molecule has 124 valence electrons. The summed E-state index contributed by atoms with van der Waals surface area (Å²) in [5.41, 5.74) is 1.60. The van der Waals surface area contributed by atoms with Crippen LogP contribution in [0.15, 0.2) is 42.5 Å². The van der Waals surface area contributed by atoms with Gasteiger partial charge in [-0.3, -0.25) is 10.1 Å². The smallest absolute Gasteiger partial charge is 0.269 e. The lowest BCUT2D eigenvalue weighted by Crippen LogP contribution is -2.14. The molecule has 0 bridgehead atoms. The van der Waals surface area contributed by atoms with Gasteiger partial charge < -0.3 is 0 Å². The number of amides is 1. The molecule has 6 heteroatoms. The molecule has 0 spiro atoms. The summed E-state index contributed by atoms with van der Waals surface area (Å²) >= 11 is 7.94. The van der Waals surface area contributed by atoms with E-state index in [-0.39, 0.29) is 5.91 Å². The summed E-state index contributed by atoms with van der Waals surface area (Å²) < 4.78 is 0.982. The van der Waals surface area contributed by atoms with Crippen LogP contribution >= 0.6 is 22.9 Å². The Morgan fingerprint density at radius 1 is 1.08 bits per heavy atom. The highest BCUT2D eigenvalue weighted by molar-refractivity contribution is 7.22. The predicted molar refractivity (Wildman–Crippen MR) is 104 cm³/mol. The minimum atomic E-state index is -0.291. The van der Waals surface area contributed by atoms with E-state index in [1.807, 2.05) is 56.3 Å². The van der Waals surface area contributed by atoms with Crippen LogP contribution in [0.25, 0.3) is 20.9 Å². The lowest BCUT2D eigenvalue weighted by atomic mass is 10.1. The summed E-state index contributed by atoms with van der Waals surface area (Å²) in [7, 11) is 0. The van der Waals surface area contributed by atoms with Crippen LogP contribution in [0.2, 0.25) is 5.02 Å². The highest BCUT2D eigenvalue weighted by Gasteiger charge is 2.19. The van der Waals surface area contributed by atoms with Crippen LogP contribution in [0.1, 0.15) is 21.1 Å². The van der Waals surface area contributed by atoms with Gasteiger partial charge in [0.2, 0.25) is 5.95 Å². The van der Waals surface area contributed by atoms with Crippen molar-refractivity contribution in [3.8, 4) is 0 Å². The van der Waals surface area contributed by atoms with Crippen LogP contribution in [0.5, 0.6) is 0 Å². The molecule has 0 radical (unpaired) electrons. The molecular formula is C19H14ClN3OS. The number of halogens is 1. The van der Waals surface area contributed by atoms with Gasteiger partial charge in [0.25, 0.3) is 5.91 Å². The third-order valence-corrected chi connectivity index (χ3v) is 5.58. The van der Waals surface area contributed by atoms with Crippen molar-refractivity contribution >= 4 is 55.7 Å². The molecule has 0 aliphatic carbocycles. The molecule has 4 aromatic rings. The number of rotatable bonds is 2. The Balaban J connectivity index is 1.79. The normalized spacial score (nSPS) is 11.2. The standard InChI is InChI=1S/C19H14ClN3OS/c1-10-9-11(2)22-19(21-10)23-18(24)17-16(20)15-13-6-4-3-5-12(13)7-8-14(15)25-17/h3-9H,1-2H3,(H,21,22,23,24). The van der Waals surface area contributed by atoms with Gasteiger partial charge >= 0.3 is 0 Å². The zero-order chi connectivity index (χ0) is 17.6. The fraction of sp³-hybridized carbons (Fsp3) is 0.105. The first kappa shape index (κ1) is 16.0. The van der Waals surface area contributed by atoms with E-state index in [2.05, 4.69) is 15.3 Å². The third-order valence-electron chi connectivity index (χ3n) is 3.94. The largest absolute Gasteiger partial charge is 0.290 e. The molecule has 1 N–H and O–H groups in total. The minimum Gasteiger partial charge on any atom is -0.290 e. The molecule has 0 fully saturated rings. The number of anilines is 1. The van der Waals surface area contributed by atoms with Crippen molar-refractivity contribution in [3.05, 3.63) is 63.8 Å². The molecule has 0 unspecified atom stereocenters. The zero-order valence-electron chi connectivity index (χ0n) is 13.6. The fourth-order valence-electron chi connectivity index (χ4n) is 2.92. The second-order valence-electron chi connectivity index (χ2n) is 5.83. The van der Waals surface area contributed by atoms with Gasteiger partial charge in [-0.15, -0.1) is 11.3 Å². The van der Waals surface area contributed by atoms with Crippen molar-refractivity contribution in [2.45, 2.75) is 13.8 Å². The summed E-state index contributed by atoms with van der Waals surface area (Å²) in [5, 5.41) is 6.28. The van der Waals surface area contributed by atoms with Crippen molar-refractivity contribution in [3.63, 3.8) is 0 Å². The second-order valence-corrected chi connectivity index (χ2v) is 7.26. The van der Waals surface area contributed by atoms with Crippen LogP contribution in [0.4, 0.5) is 5.95 Å². The Bertz CT molecular complexity index is 1120. The fourth-order valence-corrected chi connectivity index (χ4v) is 4.38. The Kier molecular flexibility index (Phi) is 3.90. The SMILES string of the molecule is Cc1cc(C)nc(NC(=O)c2sc3ccc4ccccc4c3c2Cl)n1. The molecule has 25 heavy (non-hydrogen) atoms. The second kappa shape index (κ2) is 6.10. The molecule has 4 nitrogen and oxygen atoms in total. The van der Waals surface area contributed by atoms with E-state index in [1.54, 1.807) is 0 Å². The van der Waals surface area contributed by atoms with Crippen LogP contribution in [-0.4, -0.2) is 15.9 Å². The number of carbonyl (C=O) groups is 1. The Labute approximate surface area is 153 Å². The highest BCUT2D eigenvalue weighted by atomic mass is 35.5. The lowest BCUT2D eigenvalue weighted by Gasteiger charge is -2.04. The zero-order valence-corrected chi connectivity index (χ0v) is 15.2. The molecule has 0 saturated heterocycles. The number of nitrogens with one attached hydrogen (secondary N) is 1. The molecule has 1 amide bonds.